The minimum absolute atomic E-state index is 0.165. The molecule has 0 aromatic carbocycles. The number of ketones is 1. The number of hydrogen-bond donors (Lipinski definition) is 4. The molecule has 3 aromatic rings. The lowest BCUT2D eigenvalue weighted by Gasteiger charge is -2.35. The molecule has 3 aromatic heterocycles. The van der Waals surface area contributed by atoms with Gasteiger partial charge in [-0.2, -0.15) is 18.2 Å². The number of carbonyl (C=O) groups is 1. The van der Waals surface area contributed by atoms with Crippen molar-refractivity contribution in [3.05, 3.63) is 65.6 Å². The molecule has 1 saturated heterocycles. The van der Waals surface area contributed by atoms with Gasteiger partial charge < -0.3 is 20.3 Å². The SMILES string of the molecule is CNS(=O)(=O)O[C@@H]1C[C@H](Nc2ncncc2C(=O)c2ccn(Cc3cccc(C4(O)COC4)n3)n2)C[C@@H]1O. The molecule has 38 heavy (non-hydrogen) atoms. The zero-order valence-corrected chi connectivity index (χ0v) is 21.2. The van der Waals surface area contributed by atoms with Crippen LogP contribution in [0.4, 0.5) is 5.82 Å². The number of rotatable bonds is 10. The Morgan fingerprint density at radius 3 is 2.84 bits per heavy atom. The highest BCUT2D eigenvalue weighted by Crippen LogP contribution is 2.29. The summed E-state index contributed by atoms with van der Waals surface area (Å²) in [5, 5.41) is 28.2. The van der Waals surface area contributed by atoms with Crippen LogP contribution in [0.5, 0.6) is 0 Å². The summed E-state index contributed by atoms with van der Waals surface area (Å²) >= 11 is 0. The van der Waals surface area contributed by atoms with E-state index < -0.39 is 39.9 Å². The maximum absolute atomic E-state index is 13.3. The summed E-state index contributed by atoms with van der Waals surface area (Å²) in [7, 11) is -2.75. The Balaban J connectivity index is 1.27. The smallest absolute Gasteiger partial charge is 0.335 e. The molecular formula is C23H27N7O7S. The zero-order chi connectivity index (χ0) is 26.9. The fourth-order valence-electron chi connectivity index (χ4n) is 4.36. The second-order valence-corrected chi connectivity index (χ2v) is 10.7. The Morgan fingerprint density at radius 1 is 1.29 bits per heavy atom. The number of pyridine rings is 1. The van der Waals surface area contributed by atoms with Gasteiger partial charge in [0.05, 0.1) is 42.8 Å². The topological polar surface area (TPSA) is 191 Å². The first-order chi connectivity index (χ1) is 18.2. The predicted molar refractivity (Wildman–Crippen MR) is 131 cm³/mol. The molecule has 4 heterocycles. The van der Waals surface area contributed by atoms with Crippen molar-refractivity contribution in [1.82, 2.24) is 29.5 Å². The number of ether oxygens (including phenoxy) is 1. The van der Waals surface area contributed by atoms with Crippen molar-refractivity contribution in [2.24, 2.45) is 0 Å². The third kappa shape index (κ3) is 5.57. The largest absolute Gasteiger partial charge is 0.390 e. The summed E-state index contributed by atoms with van der Waals surface area (Å²) in [6, 6.07) is 6.52. The van der Waals surface area contributed by atoms with Crippen molar-refractivity contribution in [1.29, 1.82) is 0 Å². The van der Waals surface area contributed by atoms with Gasteiger partial charge in [0.15, 0.2) is 5.60 Å². The van der Waals surface area contributed by atoms with Crippen LogP contribution in [0.2, 0.25) is 0 Å². The van der Waals surface area contributed by atoms with Gasteiger partial charge in [0, 0.05) is 25.5 Å². The molecule has 1 saturated carbocycles. The number of aliphatic hydroxyl groups excluding tert-OH is 1. The summed E-state index contributed by atoms with van der Waals surface area (Å²) in [6.07, 6.45) is 2.72. The maximum atomic E-state index is 13.3. The fraction of sp³-hybridized carbons (Fsp3) is 0.435. The molecule has 5 rings (SSSR count). The van der Waals surface area contributed by atoms with Gasteiger partial charge in [-0.15, -0.1) is 0 Å². The average Bonchev–Trinajstić information content (AvgIpc) is 3.48. The molecule has 0 radical (unpaired) electrons. The van der Waals surface area contributed by atoms with Gasteiger partial charge in [-0.3, -0.25) is 18.6 Å². The second kappa shape index (κ2) is 10.4. The van der Waals surface area contributed by atoms with Crippen LogP contribution in [0.25, 0.3) is 0 Å². The third-order valence-corrected chi connectivity index (χ3v) is 7.43. The zero-order valence-electron chi connectivity index (χ0n) is 20.4. The van der Waals surface area contributed by atoms with Gasteiger partial charge in [0.25, 0.3) is 0 Å². The average molecular weight is 546 g/mol. The van der Waals surface area contributed by atoms with Crippen LogP contribution in [-0.2, 0) is 31.4 Å². The van der Waals surface area contributed by atoms with Gasteiger partial charge in [-0.05, 0) is 31.0 Å². The molecular weight excluding hydrogens is 518 g/mol. The Bertz CT molecular complexity index is 1430. The molecule has 2 aliphatic rings. The molecule has 0 amide bonds. The summed E-state index contributed by atoms with van der Waals surface area (Å²) in [6.45, 7) is 0.676. The Hall–Kier alpha value is -3.34. The highest BCUT2D eigenvalue weighted by atomic mass is 32.2. The van der Waals surface area contributed by atoms with E-state index in [0.29, 0.717) is 11.4 Å². The quantitative estimate of drug-likeness (QED) is 0.236. The van der Waals surface area contributed by atoms with E-state index in [1.165, 1.54) is 19.6 Å². The van der Waals surface area contributed by atoms with Crippen molar-refractivity contribution in [2.45, 2.75) is 43.2 Å². The van der Waals surface area contributed by atoms with Crippen molar-refractivity contribution in [3.63, 3.8) is 0 Å². The lowest BCUT2D eigenvalue weighted by molar-refractivity contribution is -0.186. The summed E-state index contributed by atoms with van der Waals surface area (Å²) in [5.41, 5.74) is 0.438. The lowest BCUT2D eigenvalue weighted by atomic mass is 9.97. The molecule has 1 aliphatic heterocycles. The number of aromatic nitrogens is 5. The Kier molecular flexibility index (Phi) is 7.21. The van der Waals surface area contributed by atoms with E-state index in [-0.39, 0.29) is 49.7 Å². The van der Waals surface area contributed by atoms with E-state index in [1.54, 1.807) is 35.1 Å². The minimum atomic E-state index is -3.97. The molecule has 202 valence electrons. The van der Waals surface area contributed by atoms with Crippen molar-refractivity contribution >= 4 is 21.9 Å². The first kappa shape index (κ1) is 26.3. The molecule has 0 bridgehead atoms. The highest BCUT2D eigenvalue weighted by Gasteiger charge is 2.39. The van der Waals surface area contributed by atoms with E-state index in [0.717, 1.165) is 0 Å². The molecule has 15 heteroatoms. The fourth-order valence-corrected chi connectivity index (χ4v) is 4.99. The number of nitrogens with zero attached hydrogens (tertiary/aromatic N) is 5. The Morgan fingerprint density at radius 2 is 2.11 bits per heavy atom. The van der Waals surface area contributed by atoms with Crippen molar-refractivity contribution in [2.75, 3.05) is 25.6 Å². The van der Waals surface area contributed by atoms with Crippen molar-refractivity contribution in [3.8, 4) is 0 Å². The normalized spacial score (nSPS) is 22.7. The predicted octanol–water partition coefficient (Wildman–Crippen LogP) is -0.650. The standard InChI is InChI=1S/C23H27N7O7S/c1-24-38(34,35)37-19-8-15(7-18(19)31)28-22-16(9-25-13-26-22)21(32)17-5-6-30(29-17)10-14-3-2-4-20(27-14)23(33)11-36-12-23/h2-6,9,13,15,18-19,24,31,33H,7-8,10-12H2,1H3,(H,25,26,28)/t15-,18+,19-/m1/s1. The lowest BCUT2D eigenvalue weighted by Crippen LogP contribution is -2.47. The van der Waals surface area contributed by atoms with E-state index in [9.17, 15) is 23.4 Å². The van der Waals surface area contributed by atoms with Gasteiger partial charge >= 0.3 is 10.3 Å². The summed E-state index contributed by atoms with van der Waals surface area (Å²) in [4.78, 5) is 25.9. The van der Waals surface area contributed by atoms with E-state index in [4.69, 9.17) is 8.92 Å². The molecule has 0 spiro atoms. The van der Waals surface area contributed by atoms with Crippen LogP contribution in [0.1, 0.15) is 40.3 Å². The van der Waals surface area contributed by atoms with E-state index in [2.05, 4.69) is 30.1 Å². The number of anilines is 1. The number of hydrogen-bond acceptors (Lipinski definition) is 12. The maximum Gasteiger partial charge on any atom is 0.335 e. The van der Waals surface area contributed by atoms with Gasteiger partial charge in [0.1, 0.15) is 23.9 Å². The van der Waals surface area contributed by atoms with Gasteiger partial charge in [0.2, 0.25) is 5.78 Å². The first-order valence-corrected chi connectivity index (χ1v) is 13.3. The van der Waals surface area contributed by atoms with E-state index in [1.807, 2.05) is 0 Å². The van der Waals surface area contributed by atoms with Crippen LogP contribution in [0, 0.1) is 0 Å². The van der Waals surface area contributed by atoms with Crippen LogP contribution >= 0.6 is 0 Å². The van der Waals surface area contributed by atoms with Crippen LogP contribution in [0.3, 0.4) is 0 Å². The van der Waals surface area contributed by atoms with Gasteiger partial charge in [-0.25, -0.2) is 9.97 Å². The third-order valence-electron chi connectivity index (χ3n) is 6.43. The van der Waals surface area contributed by atoms with E-state index >= 15 is 0 Å². The molecule has 0 unspecified atom stereocenters. The van der Waals surface area contributed by atoms with Crippen LogP contribution in [-0.4, -0.2) is 87.7 Å². The minimum Gasteiger partial charge on any atom is -0.390 e. The summed E-state index contributed by atoms with van der Waals surface area (Å²) in [5.74, 6) is -0.183. The highest BCUT2D eigenvalue weighted by molar-refractivity contribution is 7.84. The van der Waals surface area contributed by atoms with Gasteiger partial charge in [-0.1, -0.05) is 6.07 Å². The molecule has 14 nitrogen and oxygen atoms in total. The summed E-state index contributed by atoms with van der Waals surface area (Å²) < 4.78 is 37.1. The number of carbonyl (C=O) groups excluding carboxylic acids is 1. The van der Waals surface area contributed by atoms with Crippen LogP contribution in [0.15, 0.2) is 43.0 Å². The number of nitrogens with one attached hydrogen (secondary N) is 2. The monoisotopic (exact) mass is 545 g/mol. The molecule has 3 atom stereocenters. The molecule has 2 fully saturated rings. The Labute approximate surface area is 218 Å². The second-order valence-electron chi connectivity index (χ2n) is 9.22. The number of aliphatic hydroxyl groups is 2. The molecule has 1 aliphatic carbocycles. The van der Waals surface area contributed by atoms with Crippen LogP contribution < -0.4 is 10.0 Å². The molecule has 4 N–H and O–H groups in total. The van der Waals surface area contributed by atoms with Crippen molar-refractivity contribution < 1.29 is 32.3 Å². The first-order valence-electron chi connectivity index (χ1n) is 11.9.